The van der Waals surface area contributed by atoms with Crippen LogP contribution in [-0.4, -0.2) is 13.3 Å². The Morgan fingerprint density at radius 1 is 0.646 bits per heavy atom. The number of fused-ring (bicyclic) bond motifs is 9. The van der Waals surface area contributed by atoms with Crippen LogP contribution in [0.1, 0.15) is 107 Å². The standard InChI is InChI=1S/C62H59BN2/c1-37-16-15-20-40(30-37)39-24-26-44(27-25-39)64-53-33-43-19-11-12-21-45(43)56(53)48-35-47-46-22-13-14-23-49(46)62(7,8)57(47)59-58(48)63-52-32-41-17-9-10-18-42(41)34-55(52)65(59)54-36-51-50(31-38(54)2)60(3,4)28-29-61(51,5)6/h9-15,17-27,30-37,53,63-64H,16,28-29H2,1-8H3/t37-,53?/m1/s1. The van der Waals surface area contributed by atoms with Gasteiger partial charge in [-0.3, -0.25) is 0 Å². The highest BCUT2D eigenvalue weighted by Gasteiger charge is 2.45. The second-order valence-electron chi connectivity index (χ2n) is 21.7. The van der Waals surface area contributed by atoms with Crippen LogP contribution in [0.4, 0.5) is 22.7 Å². The molecule has 0 fully saturated rings. The second kappa shape index (κ2) is 14.3. The first-order chi connectivity index (χ1) is 31.3. The van der Waals surface area contributed by atoms with Crippen molar-refractivity contribution >= 4 is 68.9 Å². The largest absolute Gasteiger partial charge is 0.375 e. The zero-order valence-electron chi connectivity index (χ0n) is 39.4. The predicted molar refractivity (Wildman–Crippen MR) is 280 cm³/mol. The Hall–Kier alpha value is -6.32. The van der Waals surface area contributed by atoms with Gasteiger partial charge < -0.3 is 10.2 Å². The molecule has 65 heavy (non-hydrogen) atoms. The van der Waals surface area contributed by atoms with Crippen LogP contribution in [0, 0.1) is 12.8 Å². The van der Waals surface area contributed by atoms with E-state index in [-0.39, 0.29) is 22.3 Å². The van der Waals surface area contributed by atoms with Gasteiger partial charge in [-0.1, -0.05) is 169 Å². The van der Waals surface area contributed by atoms with Gasteiger partial charge in [0.15, 0.2) is 7.28 Å². The molecule has 7 aromatic rings. The van der Waals surface area contributed by atoms with Crippen molar-refractivity contribution in [2.24, 2.45) is 5.92 Å². The molecule has 0 amide bonds. The highest BCUT2D eigenvalue weighted by molar-refractivity contribution is 6.73. The molecule has 0 saturated carbocycles. The third-order valence-corrected chi connectivity index (χ3v) is 16.1. The predicted octanol–water partition coefficient (Wildman–Crippen LogP) is 12.4. The highest BCUT2D eigenvalue weighted by Crippen LogP contribution is 2.56. The van der Waals surface area contributed by atoms with E-state index in [2.05, 4.69) is 217 Å². The van der Waals surface area contributed by atoms with Crippen LogP contribution in [0.25, 0.3) is 39.1 Å². The first-order valence-corrected chi connectivity index (χ1v) is 24.1. The fraction of sp³-hybridized carbons (Fsp3) is 0.258. The van der Waals surface area contributed by atoms with Gasteiger partial charge in [0.05, 0.1) is 6.04 Å². The Labute approximate surface area is 386 Å². The van der Waals surface area contributed by atoms with Gasteiger partial charge in [-0.2, -0.15) is 0 Å². The summed E-state index contributed by atoms with van der Waals surface area (Å²) in [4.78, 5) is 2.74. The van der Waals surface area contributed by atoms with E-state index in [1.807, 2.05) is 0 Å². The molecule has 0 aromatic heterocycles. The Morgan fingerprint density at radius 3 is 2.11 bits per heavy atom. The average molecular weight is 843 g/mol. The summed E-state index contributed by atoms with van der Waals surface area (Å²) < 4.78 is 0. The number of benzene rings is 7. The molecule has 1 unspecified atom stereocenters. The lowest BCUT2D eigenvalue weighted by Crippen LogP contribution is -2.44. The fourth-order valence-corrected chi connectivity index (χ4v) is 12.5. The molecule has 1 N–H and O–H groups in total. The summed E-state index contributed by atoms with van der Waals surface area (Å²) in [5.41, 5.74) is 23.0. The van der Waals surface area contributed by atoms with E-state index < -0.39 is 0 Å². The summed E-state index contributed by atoms with van der Waals surface area (Å²) in [6, 6.07) is 49.1. The van der Waals surface area contributed by atoms with Crippen molar-refractivity contribution in [3.05, 3.63) is 195 Å². The smallest absolute Gasteiger partial charge is 0.198 e. The minimum atomic E-state index is -0.227. The van der Waals surface area contributed by atoms with Gasteiger partial charge in [0.2, 0.25) is 0 Å². The summed E-state index contributed by atoms with van der Waals surface area (Å²) in [5.74, 6) is 0.559. The number of hydrogen-bond donors (Lipinski definition) is 1. The molecule has 0 radical (unpaired) electrons. The molecule has 1 heterocycles. The van der Waals surface area contributed by atoms with Crippen LogP contribution >= 0.6 is 0 Å². The number of nitrogens with one attached hydrogen (secondary N) is 1. The summed E-state index contributed by atoms with van der Waals surface area (Å²) in [6.45, 7) is 19.5. The van der Waals surface area contributed by atoms with Gasteiger partial charge in [-0.25, -0.2) is 0 Å². The quantitative estimate of drug-likeness (QED) is 0.174. The molecule has 1 aliphatic heterocycles. The van der Waals surface area contributed by atoms with Crippen molar-refractivity contribution in [3.63, 3.8) is 0 Å². The molecular formula is C62H59BN2. The maximum absolute atomic E-state index is 4.09. The third kappa shape index (κ3) is 6.21. The molecule has 7 aromatic carbocycles. The van der Waals surface area contributed by atoms with E-state index in [1.54, 1.807) is 0 Å². The molecule has 3 heteroatoms. The van der Waals surface area contributed by atoms with Gasteiger partial charge in [-0.15, -0.1) is 0 Å². The number of hydrogen-bond acceptors (Lipinski definition) is 2. The van der Waals surface area contributed by atoms with Crippen molar-refractivity contribution in [3.8, 4) is 11.1 Å². The van der Waals surface area contributed by atoms with Gasteiger partial charge in [-0.05, 0) is 167 Å². The lowest BCUT2D eigenvalue weighted by Gasteiger charge is -2.44. The molecule has 12 rings (SSSR count). The zero-order valence-corrected chi connectivity index (χ0v) is 39.4. The Morgan fingerprint density at radius 2 is 1.34 bits per heavy atom. The van der Waals surface area contributed by atoms with E-state index in [0.29, 0.717) is 5.92 Å². The zero-order chi connectivity index (χ0) is 44.6. The minimum absolute atomic E-state index is 0.0289. The molecule has 2 atom stereocenters. The topological polar surface area (TPSA) is 15.3 Å². The van der Waals surface area contributed by atoms with Crippen molar-refractivity contribution in [2.45, 2.75) is 96.9 Å². The Bertz CT molecular complexity index is 3360. The highest BCUT2D eigenvalue weighted by atomic mass is 15.2. The molecular weight excluding hydrogens is 784 g/mol. The van der Waals surface area contributed by atoms with E-state index in [1.165, 1.54) is 123 Å². The summed E-state index contributed by atoms with van der Waals surface area (Å²) >= 11 is 0. The first-order valence-electron chi connectivity index (χ1n) is 24.1. The van der Waals surface area contributed by atoms with Gasteiger partial charge in [0.25, 0.3) is 0 Å². The third-order valence-electron chi connectivity index (χ3n) is 16.1. The van der Waals surface area contributed by atoms with Crippen LogP contribution < -0.4 is 31.6 Å². The number of aryl methyl sites for hydroxylation is 1. The minimum Gasteiger partial charge on any atom is -0.375 e. The summed E-state index contributed by atoms with van der Waals surface area (Å²) in [7, 11) is 0.845. The SMILES string of the molecule is Cc1cc2c(cc1N1c3cc4ccccc4cc3Bc3c(C4=c5ccccc5=CC4Nc4ccc(C5=C[C@H](C)CC=C5)cc4)cc4c(c31)C(C)(C)c1ccccc1-4)C(C)(C)CCC2(C)C. The van der Waals surface area contributed by atoms with Crippen molar-refractivity contribution in [1.82, 2.24) is 0 Å². The van der Waals surface area contributed by atoms with E-state index >= 15 is 0 Å². The molecule has 2 nitrogen and oxygen atoms in total. The summed E-state index contributed by atoms with van der Waals surface area (Å²) in [6.07, 6.45) is 12.9. The Balaban J connectivity index is 1.13. The molecule has 0 saturated heterocycles. The first kappa shape index (κ1) is 40.2. The van der Waals surface area contributed by atoms with E-state index in [0.717, 1.165) is 19.4 Å². The lowest BCUT2D eigenvalue weighted by atomic mass is 9.56. The molecule has 5 aliphatic rings. The van der Waals surface area contributed by atoms with Crippen molar-refractivity contribution < 1.29 is 0 Å². The van der Waals surface area contributed by atoms with Gasteiger partial charge in [0.1, 0.15) is 0 Å². The lowest BCUT2D eigenvalue weighted by molar-refractivity contribution is 0.332. The van der Waals surface area contributed by atoms with E-state index in [9.17, 15) is 0 Å². The number of rotatable bonds is 5. The van der Waals surface area contributed by atoms with E-state index in [4.69, 9.17) is 0 Å². The van der Waals surface area contributed by atoms with Gasteiger partial charge >= 0.3 is 0 Å². The van der Waals surface area contributed by atoms with Gasteiger partial charge in [0, 0.05) is 28.2 Å². The molecule has 4 aliphatic carbocycles. The van der Waals surface area contributed by atoms with Crippen LogP contribution in [0.2, 0.25) is 0 Å². The number of allylic oxidation sites excluding steroid dienone is 4. The molecule has 0 spiro atoms. The number of anilines is 4. The van der Waals surface area contributed by atoms with Crippen molar-refractivity contribution in [1.29, 1.82) is 0 Å². The number of nitrogens with zero attached hydrogens (tertiary/aromatic N) is 1. The average Bonchev–Trinajstić information content (AvgIpc) is 3.77. The maximum atomic E-state index is 4.09. The normalized spacial score (nSPS) is 20.1. The maximum Gasteiger partial charge on any atom is 0.198 e. The summed E-state index contributed by atoms with van der Waals surface area (Å²) in [5, 5.41) is 9.25. The van der Waals surface area contributed by atoms with Crippen LogP contribution in [0.3, 0.4) is 0 Å². The van der Waals surface area contributed by atoms with Crippen LogP contribution in [0.5, 0.6) is 0 Å². The monoisotopic (exact) mass is 842 g/mol. The molecule has 0 bridgehead atoms. The van der Waals surface area contributed by atoms with Crippen molar-refractivity contribution in [2.75, 3.05) is 10.2 Å². The second-order valence-corrected chi connectivity index (χ2v) is 21.7. The van der Waals surface area contributed by atoms with Crippen LogP contribution in [0.15, 0.2) is 146 Å². The van der Waals surface area contributed by atoms with Crippen LogP contribution in [-0.2, 0) is 16.2 Å². The fourth-order valence-electron chi connectivity index (χ4n) is 12.5. The molecule has 320 valence electrons. The Kier molecular flexibility index (Phi) is 8.87.